The Morgan fingerprint density at radius 3 is 2.60 bits per heavy atom. The monoisotopic (exact) mass is 277 g/mol. The molecule has 0 radical (unpaired) electrons. The summed E-state index contributed by atoms with van der Waals surface area (Å²) in [4.78, 5) is 12.0. The van der Waals surface area contributed by atoms with E-state index in [1.165, 1.54) is 0 Å². The van der Waals surface area contributed by atoms with Gasteiger partial charge in [0.1, 0.15) is 5.75 Å². The molecule has 2 atom stereocenters. The molecule has 2 rings (SSSR count). The number of rotatable bonds is 5. The van der Waals surface area contributed by atoms with E-state index in [2.05, 4.69) is 5.32 Å². The molecule has 20 heavy (non-hydrogen) atoms. The zero-order valence-electron chi connectivity index (χ0n) is 12.4. The molecule has 0 spiro atoms. The van der Waals surface area contributed by atoms with E-state index in [1.807, 2.05) is 45.0 Å². The Kier molecular flexibility index (Phi) is 5.01. The molecule has 1 fully saturated rings. The highest BCUT2D eigenvalue weighted by Gasteiger charge is 2.34. The molecule has 110 valence electrons. The number of benzene rings is 1. The molecular weight excluding hydrogens is 254 g/mol. The van der Waals surface area contributed by atoms with Crippen molar-refractivity contribution in [3.63, 3.8) is 0 Å². The van der Waals surface area contributed by atoms with Crippen molar-refractivity contribution >= 4 is 5.97 Å². The van der Waals surface area contributed by atoms with Gasteiger partial charge in [0, 0.05) is 19.0 Å². The number of hydrogen-bond donors (Lipinski definition) is 1. The molecule has 4 heteroatoms. The molecule has 1 aromatic rings. The van der Waals surface area contributed by atoms with Crippen molar-refractivity contribution < 1.29 is 14.3 Å². The first-order valence-corrected chi connectivity index (χ1v) is 7.25. The Hall–Kier alpha value is -1.55. The maximum Gasteiger partial charge on any atom is 0.310 e. The van der Waals surface area contributed by atoms with Crippen LogP contribution >= 0.6 is 0 Å². The molecular formula is C16H23NO3. The summed E-state index contributed by atoms with van der Waals surface area (Å²) >= 11 is 0. The normalized spacial score (nSPS) is 22.0. The molecule has 0 saturated carbocycles. The molecule has 0 aromatic heterocycles. The van der Waals surface area contributed by atoms with Gasteiger partial charge in [-0.25, -0.2) is 0 Å². The van der Waals surface area contributed by atoms with Crippen molar-refractivity contribution in [1.82, 2.24) is 5.32 Å². The van der Waals surface area contributed by atoms with Gasteiger partial charge < -0.3 is 14.8 Å². The fourth-order valence-electron chi connectivity index (χ4n) is 2.59. The molecule has 0 amide bonds. The van der Waals surface area contributed by atoms with Crippen molar-refractivity contribution in [3.8, 4) is 5.75 Å². The lowest BCUT2D eigenvalue weighted by molar-refractivity contribution is -0.147. The van der Waals surface area contributed by atoms with Gasteiger partial charge in [0.2, 0.25) is 0 Å². The summed E-state index contributed by atoms with van der Waals surface area (Å²) in [5.74, 6) is 0.848. The topological polar surface area (TPSA) is 47.6 Å². The Morgan fingerprint density at radius 1 is 1.30 bits per heavy atom. The van der Waals surface area contributed by atoms with Crippen molar-refractivity contribution in [3.05, 3.63) is 29.8 Å². The smallest absolute Gasteiger partial charge is 0.310 e. The van der Waals surface area contributed by atoms with Gasteiger partial charge in [0.05, 0.1) is 18.6 Å². The number of esters is 1. The number of carbonyl (C=O) groups excluding carboxylic acids is 1. The Balaban J connectivity index is 2.08. The molecule has 1 saturated heterocycles. The average molecular weight is 277 g/mol. The molecule has 1 aliphatic rings. The van der Waals surface area contributed by atoms with Crippen molar-refractivity contribution in [1.29, 1.82) is 0 Å². The lowest BCUT2D eigenvalue weighted by Crippen LogP contribution is -2.24. The van der Waals surface area contributed by atoms with Crippen LogP contribution in [0.5, 0.6) is 5.75 Å². The largest absolute Gasteiger partial charge is 0.491 e. The van der Waals surface area contributed by atoms with Crippen LogP contribution in [0.15, 0.2) is 24.3 Å². The zero-order chi connectivity index (χ0) is 14.5. The van der Waals surface area contributed by atoms with Crippen LogP contribution in [-0.4, -0.2) is 31.8 Å². The third-order valence-electron chi connectivity index (χ3n) is 3.48. The molecule has 4 nitrogen and oxygen atoms in total. The molecule has 1 heterocycles. The third-order valence-corrected chi connectivity index (χ3v) is 3.48. The van der Waals surface area contributed by atoms with Crippen LogP contribution in [0.3, 0.4) is 0 Å². The first-order valence-electron chi connectivity index (χ1n) is 7.25. The van der Waals surface area contributed by atoms with Crippen molar-refractivity contribution in [2.75, 3.05) is 19.7 Å². The fourth-order valence-corrected chi connectivity index (χ4v) is 2.59. The van der Waals surface area contributed by atoms with E-state index in [0.29, 0.717) is 13.2 Å². The van der Waals surface area contributed by atoms with Gasteiger partial charge in [-0.1, -0.05) is 12.1 Å². The average Bonchev–Trinajstić information content (AvgIpc) is 2.88. The van der Waals surface area contributed by atoms with Gasteiger partial charge in [-0.15, -0.1) is 0 Å². The van der Waals surface area contributed by atoms with Crippen LogP contribution in [0, 0.1) is 5.92 Å². The number of carbonyl (C=O) groups is 1. The Labute approximate surface area is 120 Å². The van der Waals surface area contributed by atoms with E-state index in [-0.39, 0.29) is 23.9 Å². The quantitative estimate of drug-likeness (QED) is 0.839. The standard InChI is InChI=1S/C16H23NO3/c1-4-19-16(18)15-10-17-9-14(15)12-5-7-13(8-6-12)20-11(2)3/h5-8,11,14-15,17H,4,9-10H2,1-3H3. The Bertz CT molecular complexity index is 442. The summed E-state index contributed by atoms with van der Waals surface area (Å²) in [5, 5.41) is 3.27. The lowest BCUT2D eigenvalue weighted by atomic mass is 9.89. The first kappa shape index (κ1) is 14.9. The summed E-state index contributed by atoms with van der Waals surface area (Å²) in [5.41, 5.74) is 1.16. The van der Waals surface area contributed by atoms with Crippen LogP contribution < -0.4 is 10.1 Å². The van der Waals surface area contributed by atoms with E-state index in [4.69, 9.17) is 9.47 Å². The van der Waals surface area contributed by atoms with Gasteiger partial charge in [-0.2, -0.15) is 0 Å². The highest BCUT2D eigenvalue weighted by atomic mass is 16.5. The molecule has 2 unspecified atom stereocenters. The maximum atomic E-state index is 12.0. The van der Waals surface area contributed by atoms with Crippen LogP contribution in [0.4, 0.5) is 0 Å². The summed E-state index contributed by atoms with van der Waals surface area (Å²) in [7, 11) is 0. The fraction of sp³-hybridized carbons (Fsp3) is 0.562. The Morgan fingerprint density at radius 2 is 2.00 bits per heavy atom. The molecule has 1 aromatic carbocycles. The predicted molar refractivity (Wildman–Crippen MR) is 77.9 cm³/mol. The lowest BCUT2D eigenvalue weighted by Gasteiger charge is -2.18. The SMILES string of the molecule is CCOC(=O)C1CNCC1c1ccc(OC(C)C)cc1. The summed E-state index contributed by atoms with van der Waals surface area (Å²) in [6.45, 7) is 7.79. The van der Waals surface area contributed by atoms with Crippen LogP contribution in [0.25, 0.3) is 0 Å². The van der Waals surface area contributed by atoms with Crippen molar-refractivity contribution in [2.24, 2.45) is 5.92 Å². The number of ether oxygens (including phenoxy) is 2. The van der Waals surface area contributed by atoms with Gasteiger partial charge in [-0.05, 0) is 38.5 Å². The second kappa shape index (κ2) is 6.75. The second-order valence-corrected chi connectivity index (χ2v) is 5.36. The minimum atomic E-state index is -0.106. The predicted octanol–water partition coefficient (Wildman–Crippen LogP) is 2.34. The van der Waals surface area contributed by atoms with Gasteiger partial charge in [0.15, 0.2) is 0 Å². The highest BCUT2D eigenvalue weighted by Crippen LogP contribution is 2.30. The molecule has 0 bridgehead atoms. The van der Waals surface area contributed by atoms with Crippen LogP contribution in [0.2, 0.25) is 0 Å². The van der Waals surface area contributed by atoms with Gasteiger partial charge in [-0.3, -0.25) is 4.79 Å². The summed E-state index contributed by atoms with van der Waals surface area (Å²) < 4.78 is 10.8. The molecule has 1 aliphatic heterocycles. The van der Waals surface area contributed by atoms with Crippen LogP contribution in [0.1, 0.15) is 32.3 Å². The van der Waals surface area contributed by atoms with Gasteiger partial charge in [0.25, 0.3) is 0 Å². The van der Waals surface area contributed by atoms with E-state index >= 15 is 0 Å². The second-order valence-electron chi connectivity index (χ2n) is 5.36. The summed E-state index contributed by atoms with van der Waals surface area (Å²) in [6, 6.07) is 8.02. The minimum absolute atomic E-state index is 0.0909. The molecule has 1 N–H and O–H groups in total. The maximum absolute atomic E-state index is 12.0. The van der Waals surface area contributed by atoms with Crippen LogP contribution in [-0.2, 0) is 9.53 Å². The first-order chi connectivity index (χ1) is 9.61. The summed E-state index contributed by atoms with van der Waals surface area (Å²) in [6.07, 6.45) is 0.168. The van der Waals surface area contributed by atoms with Crippen molar-refractivity contribution in [2.45, 2.75) is 32.8 Å². The van der Waals surface area contributed by atoms with E-state index in [1.54, 1.807) is 0 Å². The molecule has 0 aliphatic carbocycles. The zero-order valence-corrected chi connectivity index (χ0v) is 12.4. The number of nitrogens with one attached hydrogen (secondary N) is 1. The minimum Gasteiger partial charge on any atom is -0.491 e. The van der Waals surface area contributed by atoms with E-state index in [9.17, 15) is 4.79 Å². The third kappa shape index (κ3) is 3.51. The van der Waals surface area contributed by atoms with Gasteiger partial charge >= 0.3 is 5.97 Å². The van der Waals surface area contributed by atoms with E-state index in [0.717, 1.165) is 17.9 Å². The highest BCUT2D eigenvalue weighted by molar-refractivity contribution is 5.74. The van der Waals surface area contributed by atoms with E-state index < -0.39 is 0 Å². The number of hydrogen-bond acceptors (Lipinski definition) is 4.